The predicted octanol–water partition coefficient (Wildman–Crippen LogP) is 12.7. The van der Waals surface area contributed by atoms with E-state index in [0.29, 0.717) is 19.3 Å². The van der Waals surface area contributed by atoms with Crippen LogP contribution < -0.4 is 5.32 Å². The second kappa shape index (κ2) is 49.0. The Morgan fingerprint density at radius 1 is 0.562 bits per heavy atom. The van der Waals surface area contributed by atoms with E-state index in [1.165, 1.54) is 38.5 Å². The van der Waals surface area contributed by atoms with Crippen LogP contribution in [0, 0.1) is 0 Å². The highest BCUT2D eigenvalue weighted by molar-refractivity contribution is 5.80. The molecule has 0 radical (unpaired) electrons. The monoisotopic (exact) mass is 1020 g/mol. The van der Waals surface area contributed by atoms with Gasteiger partial charge in [0.1, 0.15) is 24.4 Å². The minimum absolute atomic E-state index is 0.0879. The fraction of sp³-hybridized carbons (Fsp3) is 0.645. The molecule has 0 saturated carbocycles. The van der Waals surface area contributed by atoms with E-state index < -0.39 is 67.4 Å². The molecule has 0 aromatic rings. The van der Waals surface area contributed by atoms with Crippen molar-refractivity contribution in [3.8, 4) is 0 Å². The van der Waals surface area contributed by atoms with Crippen LogP contribution in [-0.2, 0) is 23.8 Å². The summed E-state index contributed by atoms with van der Waals surface area (Å²) in [6.45, 7) is 5.46. The van der Waals surface area contributed by atoms with Crippen molar-refractivity contribution in [3.63, 3.8) is 0 Å². The van der Waals surface area contributed by atoms with E-state index in [1.54, 1.807) is 6.08 Å². The summed E-state index contributed by atoms with van der Waals surface area (Å²) in [5, 5.41) is 56.7. The Morgan fingerprint density at radius 2 is 1.05 bits per heavy atom. The van der Waals surface area contributed by atoms with Gasteiger partial charge >= 0.3 is 5.97 Å². The Labute approximate surface area is 442 Å². The van der Waals surface area contributed by atoms with Gasteiger partial charge in [-0.25, -0.2) is 0 Å². The number of esters is 1. The first-order valence-corrected chi connectivity index (χ1v) is 28.3. The maximum absolute atomic E-state index is 13.4. The van der Waals surface area contributed by atoms with Crippen molar-refractivity contribution < 1.29 is 49.3 Å². The molecular weight excluding hydrogens is 919 g/mol. The lowest BCUT2D eigenvalue weighted by molar-refractivity contribution is -0.305. The highest BCUT2D eigenvalue weighted by Gasteiger charge is 2.47. The molecule has 8 unspecified atom stereocenters. The zero-order chi connectivity index (χ0) is 53.3. The van der Waals surface area contributed by atoms with Gasteiger partial charge in [-0.3, -0.25) is 9.59 Å². The summed E-state index contributed by atoms with van der Waals surface area (Å²) in [7, 11) is 0. The number of unbranched alkanes of at least 4 members (excludes halogenated alkanes) is 15. The molecule has 1 rings (SSSR count). The second-order valence-electron chi connectivity index (χ2n) is 19.0. The Kier molecular flexibility index (Phi) is 45.0. The molecule has 0 aliphatic carbocycles. The number of ether oxygens (including phenoxy) is 3. The maximum Gasteiger partial charge on any atom is 0.306 e. The van der Waals surface area contributed by atoms with Crippen LogP contribution in [0.5, 0.6) is 0 Å². The van der Waals surface area contributed by atoms with Crippen LogP contribution in [0.4, 0.5) is 0 Å². The smallest absolute Gasteiger partial charge is 0.306 e. The summed E-state index contributed by atoms with van der Waals surface area (Å²) in [5.41, 5.74) is 0. The molecule has 0 aromatic carbocycles. The molecule has 11 nitrogen and oxygen atoms in total. The maximum atomic E-state index is 13.4. The number of aliphatic hydroxyl groups is 5. The topological polar surface area (TPSA) is 175 Å². The quantitative estimate of drug-likeness (QED) is 0.0149. The number of carbonyl (C=O) groups is 2. The van der Waals surface area contributed by atoms with E-state index >= 15 is 0 Å². The summed E-state index contributed by atoms with van der Waals surface area (Å²) in [4.78, 5) is 26.4. The van der Waals surface area contributed by atoms with E-state index in [0.717, 1.165) is 103 Å². The van der Waals surface area contributed by atoms with E-state index in [9.17, 15) is 35.1 Å². The van der Waals surface area contributed by atoms with E-state index in [-0.39, 0.29) is 19.4 Å². The number of allylic oxidation sites excluding steroid dienone is 19. The molecule has 73 heavy (non-hydrogen) atoms. The molecular formula is C62H101NO10. The van der Waals surface area contributed by atoms with Gasteiger partial charge in [-0.2, -0.15) is 0 Å². The summed E-state index contributed by atoms with van der Waals surface area (Å²) in [6, 6.07) is -1.06. The van der Waals surface area contributed by atoms with Gasteiger partial charge < -0.3 is 45.1 Å². The molecule has 1 heterocycles. The lowest BCUT2D eigenvalue weighted by atomic mass is 9.99. The molecule has 1 saturated heterocycles. The molecule has 414 valence electrons. The SMILES string of the molecule is CC/C=C\C/C=C\C/C=C\C/C=C\C/C=C\C/C=C\CCCC(O)C(=O)NC(COC1OC(CO)C(O)C(O)C1OC(=O)CCCCCCC\C=C/C=C/C=C/CC)C(O)/C=C/CCCCCCCCCCC. The minimum Gasteiger partial charge on any atom is -0.454 e. The van der Waals surface area contributed by atoms with Crippen LogP contribution >= 0.6 is 0 Å². The summed E-state index contributed by atoms with van der Waals surface area (Å²) < 4.78 is 17.5. The van der Waals surface area contributed by atoms with Crippen molar-refractivity contribution in [2.24, 2.45) is 0 Å². The summed E-state index contributed by atoms with van der Waals surface area (Å²) >= 11 is 0. The van der Waals surface area contributed by atoms with Gasteiger partial charge in [0.05, 0.1) is 25.4 Å². The van der Waals surface area contributed by atoms with Crippen LogP contribution in [0.2, 0.25) is 0 Å². The molecule has 0 bridgehead atoms. The summed E-state index contributed by atoms with van der Waals surface area (Å²) in [6.07, 6.45) is 56.8. The number of hydrogen-bond donors (Lipinski definition) is 6. The van der Waals surface area contributed by atoms with Crippen molar-refractivity contribution >= 4 is 11.9 Å². The molecule has 1 aliphatic rings. The van der Waals surface area contributed by atoms with Crippen molar-refractivity contribution in [2.45, 2.75) is 243 Å². The Bertz CT molecular complexity index is 1640. The van der Waals surface area contributed by atoms with Crippen LogP contribution in [-0.4, -0.2) is 99.6 Å². The zero-order valence-corrected chi connectivity index (χ0v) is 45.4. The first-order valence-electron chi connectivity index (χ1n) is 28.3. The van der Waals surface area contributed by atoms with Crippen LogP contribution in [0.1, 0.15) is 194 Å². The third kappa shape index (κ3) is 37.4. The first kappa shape index (κ1) is 67.1. The van der Waals surface area contributed by atoms with Crippen LogP contribution in [0.15, 0.2) is 122 Å². The third-order valence-corrected chi connectivity index (χ3v) is 12.4. The van der Waals surface area contributed by atoms with Gasteiger partial charge in [-0.15, -0.1) is 0 Å². The Hall–Kier alpha value is -3.94. The number of aliphatic hydroxyl groups excluding tert-OH is 5. The van der Waals surface area contributed by atoms with Gasteiger partial charge in [0.2, 0.25) is 5.91 Å². The lowest BCUT2D eigenvalue weighted by Crippen LogP contribution is -2.61. The van der Waals surface area contributed by atoms with Gasteiger partial charge in [-0.05, 0) is 96.3 Å². The van der Waals surface area contributed by atoms with Gasteiger partial charge in [0.25, 0.3) is 0 Å². The average Bonchev–Trinajstić information content (AvgIpc) is 3.39. The molecule has 1 aliphatic heterocycles. The summed E-state index contributed by atoms with van der Waals surface area (Å²) in [5.74, 6) is -1.28. The number of carbonyl (C=O) groups excluding carboxylic acids is 2. The van der Waals surface area contributed by atoms with Gasteiger partial charge in [0, 0.05) is 6.42 Å². The highest BCUT2D eigenvalue weighted by atomic mass is 16.7. The standard InChI is InChI=1S/C62H101NO10/c1-4-7-10-13-16-19-22-24-25-26-27-28-29-30-32-34-37-40-43-46-49-55(66)61(70)63-53(54(65)48-45-42-39-36-33-21-18-15-12-9-6-3)52-71-62-60(59(69)58(68)56(51-64)72-62)73-57(67)50-47-44-41-38-35-31-23-20-17-14-11-8-5-2/h7-8,10-11,14,16-17,19-20,23-25,27-28,30,32,37,40,45,48,53-56,58-60,62,64-66,68-69H,4-6,9,12-13,15,18,21-22,26,29,31,33-36,38-39,41-44,46-47,49-52H2,1-3H3,(H,63,70)/b10-7-,11-8+,17-14+,19-16-,23-20-,25-24-,28-27-,32-30-,40-37-,48-45+. The fourth-order valence-corrected chi connectivity index (χ4v) is 7.95. The van der Waals surface area contributed by atoms with Crippen LogP contribution in [0.25, 0.3) is 0 Å². The molecule has 8 atom stereocenters. The number of hydrogen-bond acceptors (Lipinski definition) is 10. The first-order chi connectivity index (χ1) is 35.7. The van der Waals surface area contributed by atoms with E-state index in [4.69, 9.17) is 14.2 Å². The van der Waals surface area contributed by atoms with E-state index in [2.05, 4.69) is 105 Å². The van der Waals surface area contributed by atoms with Crippen molar-refractivity contribution in [3.05, 3.63) is 122 Å². The van der Waals surface area contributed by atoms with Crippen molar-refractivity contribution in [1.29, 1.82) is 0 Å². The number of nitrogens with one attached hydrogen (secondary N) is 1. The second-order valence-corrected chi connectivity index (χ2v) is 19.0. The highest BCUT2D eigenvalue weighted by Crippen LogP contribution is 2.26. The van der Waals surface area contributed by atoms with Crippen molar-refractivity contribution in [2.75, 3.05) is 13.2 Å². The van der Waals surface area contributed by atoms with Crippen LogP contribution in [0.3, 0.4) is 0 Å². The normalized spacial score (nSPS) is 20.4. The average molecular weight is 1020 g/mol. The molecule has 0 aromatic heterocycles. The zero-order valence-electron chi connectivity index (χ0n) is 45.4. The molecule has 6 N–H and O–H groups in total. The lowest BCUT2D eigenvalue weighted by Gasteiger charge is -2.41. The predicted molar refractivity (Wildman–Crippen MR) is 301 cm³/mol. The number of amides is 1. The fourth-order valence-electron chi connectivity index (χ4n) is 7.95. The van der Waals surface area contributed by atoms with E-state index in [1.807, 2.05) is 36.5 Å². The Balaban J connectivity index is 2.77. The van der Waals surface area contributed by atoms with Crippen molar-refractivity contribution in [1.82, 2.24) is 5.32 Å². The minimum atomic E-state index is -1.64. The third-order valence-electron chi connectivity index (χ3n) is 12.4. The van der Waals surface area contributed by atoms with Gasteiger partial charge in [-0.1, -0.05) is 213 Å². The number of rotatable bonds is 45. The van der Waals surface area contributed by atoms with Gasteiger partial charge in [0.15, 0.2) is 12.4 Å². The largest absolute Gasteiger partial charge is 0.454 e. The Morgan fingerprint density at radius 3 is 1.62 bits per heavy atom. The molecule has 1 fully saturated rings. The molecule has 1 amide bonds. The molecule has 0 spiro atoms. The molecule has 11 heteroatoms.